The number of aliphatic hydroxyl groups excluding tert-OH is 1. The van der Waals surface area contributed by atoms with Crippen molar-refractivity contribution in [3.63, 3.8) is 0 Å². The van der Waals surface area contributed by atoms with E-state index in [9.17, 15) is 19.1 Å². The highest BCUT2D eigenvalue weighted by Crippen LogP contribution is 2.33. The van der Waals surface area contributed by atoms with E-state index in [1.165, 1.54) is 17.4 Å². The molecule has 0 fully saturated rings. The molecule has 3 aromatic rings. The lowest BCUT2D eigenvalue weighted by Crippen LogP contribution is -2.26. The lowest BCUT2D eigenvalue weighted by molar-refractivity contribution is -0.118. The number of carbonyl (C=O) groups excluding carboxylic acids is 1. The summed E-state index contributed by atoms with van der Waals surface area (Å²) in [6.45, 7) is 9.13. The fourth-order valence-corrected chi connectivity index (χ4v) is 4.25. The molecule has 31 heavy (non-hydrogen) atoms. The minimum atomic E-state index is -0.585. The van der Waals surface area contributed by atoms with Gasteiger partial charge in [0.2, 0.25) is 0 Å². The molecule has 2 aromatic heterocycles. The smallest absolute Gasteiger partial charge is 0.262 e. The molecule has 4 N–H and O–H groups in total. The zero-order valence-electron chi connectivity index (χ0n) is 16.5. The summed E-state index contributed by atoms with van der Waals surface area (Å²) >= 11 is 1.28. The predicted molar refractivity (Wildman–Crippen MR) is 117 cm³/mol. The number of aliphatic hydroxyl groups is 1. The second kappa shape index (κ2) is 7.88. The van der Waals surface area contributed by atoms with Crippen LogP contribution >= 0.6 is 11.3 Å². The van der Waals surface area contributed by atoms with Crippen molar-refractivity contribution in [3.05, 3.63) is 69.6 Å². The molecular weight excluding hydrogens is 423 g/mol. The molecule has 160 valence electrons. The number of H-pyrrole nitrogens is 1. The van der Waals surface area contributed by atoms with Gasteiger partial charge in [-0.3, -0.25) is 9.59 Å². The molecule has 1 aliphatic rings. The number of carbonyl (C=O) groups is 1. The van der Waals surface area contributed by atoms with Crippen LogP contribution in [0, 0.1) is 5.82 Å². The molecule has 3 heterocycles. The van der Waals surface area contributed by atoms with Crippen LogP contribution in [0.25, 0.3) is 15.9 Å². The molecule has 0 spiro atoms. The highest BCUT2D eigenvalue weighted by atomic mass is 32.1. The summed E-state index contributed by atoms with van der Waals surface area (Å²) in [5.74, 6) is -1.12. The SMILES string of the molecule is C=C(NCc1cc(F)c2c(c1)NC(=O)CO2)c1nc2scc(C(C)C(=C)O)c2c(=O)[nH]1. The van der Waals surface area contributed by atoms with E-state index in [1.807, 2.05) is 0 Å². The molecule has 1 aromatic carbocycles. The summed E-state index contributed by atoms with van der Waals surface area (Å²) in [4.78, 5) is 31.8. The summed E-state index contributed by atoms with van der Waals surface area (Å²) in [5, 5.41) is 17.4. The van der Waals surface area contributed by atoms with Crippen molar-refractivity contribution in [3.8, 4) is 5.75 Å². The second-order valence-electron chi connectivity index (χ2n) is 7.12. The molecular formula is C21H19FN4O4S. The molecule has 1 atom stereocenters. The van der Waals surface area contributed by atoms with Gasteiger partial charge in [-0.1, -0.05) is 20.1 Å². The van der Waals surface area contributed by atoms with Crippen LogP contribution in [0.15, 0.2) is 41.2 Å². The minimum Gasteiger partial charge on any atom is -0.512 e. The number of aromatic nitrogens is 2. The van der Waals surface area contributed by atoms with Crippen molar-refractivity contribution in [2.75, 3.05) is 11.9 Å². The number of allylic oxidation sites excluding steroid dienone is 1. The van der Waals surface area contributed by atoms with E-state index in [-0.39, 0.29) is 47.6 Å². The van der Waals surface area contributed by atoms with Crippen molar-refractivity contribution in [2.24, 2.45) is 0 Å². The van der Waals surface area contributed by atoms with Crippen LogP contribution in [0.1, 0.15) is 29.8 Å². The third-order valence-electron chi connectivity index (χ3n) is 4.96. The van der Waals surface area contributed by atoms with Gasteiger partial charge in [0, 0.05) is 12.5 Å². The number of amides is 1. The number of rotatable bonds is 6. The first kappa shape index (κ1) is 20.6. The second-order valence-corrected chi connectivity index (χ2v) is 7.98. The number of thiophene rings is 1. The topological polar surface area (TPSA) is 116 Å². The standard InChI is InChI=1S/C21H19FN4O4S/c1-9(11(3)27)13-8-31-21-17(13)20(29)25-19(26-21)10(2)23-6-12-4-14(22)18-15(5-12)24-16(28)7-30-18/h4-5,8-9,23,27H,2-3,6-7H2,1H3,(H,24,28)(H,25,26,29). The van der Waals surface area contributed by atoms with Crippen LogP contribution in [-0.2, 0) is 11.3 Å². The van der Waals surface area contributed by atoms with Crippen LogP contribution in [0.4, 0.5) is 10.1 Å². The number of anilines is 1. The van der Waals surface area contributed by atoms with E-state index in [1.54, 1.807) is 18.4 Å². The summed E-state index contributed by atoms with van der Waals surface area (Å²) in [6.07, 6.45) is 0. The van der Waals surface area contributed by atoms with Crippen LogP contribution in [-0.4, -0.2) is 27.6 Å². The van der Waals surface area contributed by atoms with Gasteiger partial charge in [0.15, 0.2) is 24.0 Å². The summed E-state index contributed by atoms with van der Waals surface area (Å²) in [5.41, 5.74) is 1.44. The van der Waals surface area contributed by atoms with E-state index < -0.39 is 11.7 Å². The Kier molecular flexibility index (Phi) is 5.24. The maximum absolute atomic E-state index is 14.2. The molecule has 0 saturated heterocycles. The zero-order chi connectivity index (χ0) is 22.3. The van der Waals surface area contributed by atoms with Crippen molar-refractivity contribution in [1.82, 2.24) is 15.3 Å². The third kappa shape index (κ3) is 3.89. The van der Waals surface area contributed by atoms with Gasteiger partial charge in [0.05, 0.1) is 22.5 Å². The number of halogens is 1. The first-order valence-electron chi connectivity index (χ1n) is 9.32. The van der Waals surface area contributed by atoms with Gasteiger partial charge in [0.25, 0.3) is 11.5 Å². The Hall–Kier alpha value is -3.66. The van der Waals surface area contributed by atoms with Crippen molar-refractivity contribution in [1.29, 1.82) is 0 Å². The molecule has 0 aliphatic carbocycles. The number of nitrogens with zero attached hydrogens (tertiary/aromatic N) is 1. The van der Waals surface area contributed by atoms with Gasteiger partial charge in [0.1, 0.15) is 4.83 Å². The normalized spacial score (nSPS) is 13.8. The van der Waals surface area contributed by atoms with Crippen molar-refractivity contribution in [2.45, 2.75) is 19.4 Å². The van der Waals surface area contributed by atoms with E-state index in [2.05, 4.69) is 33.8 Å². The lowest BCUT2D eigenvalue weighted by atomic mass is 10.0. The lowest BCUT2D eigenvalue weighted by Gasteiger charge is -2.19. The number of fused-ring (bicyclic) bond motifs is 2. The third-order valence-corrected chi connectivity index (χ3v) is 5.85. The van der Waals surface area contributed by atoms with E-state index >= 15 is 0 Å². The van der Waals surface area contributed by atoms with Gasteiger partial charge < -0.3 is 25.5 Å². The summed E-state index contributed by atoms with van der Waals surface area (Å²) in [6, 6.07) is 2.90. The minimum absolute atomic E-state index is 0.00640. The summed E-state index contributed by atoms with van der Waals surface area (Å²) in [7, 11) is 0. The first-order chi connectivity index (χ1) is 14.7. The fourth-order valence-electron chi connectivity index (χ4n) is 3.22. The monoisotopic (exact) mass is 442 g/mol. The average Bonchev–Trinajstić information content (AvgIpc) is 3.15. The quantitative estimate of drug-likeness (QED) is 0.435. The Morgan fingerprint density at radius 1 is 1.42 bits per heavy atom. The fraction of sp³-hybridized carbons (Fsp3) is 0.190. The molecule has 10 heteroatoms. The Morgan fingerprint density at radius 3 is 2.94 bits per heavy atom. The van der Waals surface area contributed by atoms with Gasteiger partial charge in [-0.05, 0) is 28.6 Å². The number of hydrogen-bond acceptors (Lipinski definition) is 7. The molecule has 0 radical (unpaired) electrons. The number of hydrogen-bond donors (Lipinski definition) is 4. The van der Waals surface area contributed by atoms with E-state index in [0.717, 1.165) is 0 Å². The Labute approximate surface area is 180 Å². The van der Waals surface area contributed by atoms with Crippen LogP contribution in [0.3, 0.4) is 0 Å². The van der Waals surface area contributed by atoms with Crippen LogP contribution in [0.2, 0.25) is 0 Å². The highest BCUT2D eigenvalue weighted by Gasteiger charge is 2.21. The molecule has 0 bridgehead atoms. The van der Waals surface area contributed by atoms with Gasteiger partial charge in [-0.25, -0.2) is 9.37 Å². The number of benzene rings is 1. The summed E-state index contributed by atoms with van der Waals surface area (Å²) < 4.78 is 19.4. The maximum Gasteiger partial charge on any atom is 0.262 e. The molecule has 8 nitrogen and oxygen atoms in total. The maximum atomic E-state index is 14.2. The van der Waals surface area contributed by atoms with Gasteiger partial charge >= 0.3 is 0 Å². The Balaban J connectivity index is 1.55. The molecule has 1 amide bonds. The average molecular weight is 442 g/mol. The van der Waals surface area contributed by atoms with Crippen LogP contribution < -0.4 is 20.9 Å². The first-order valence-corrected chi connectivity index (χ1v) is 10.2. The largest absolute Gasteiger partial charge is 0.512 e. The molecule has 4 rings (SSSR count). The zero-order valence-corrected chi connectivity index (χ0v) is 17.4. The highest BCUT2D eigenvalue weighted by molar-refractivity contribution is 7.16. The molecule has 1 aliphatic heterocycles. The Bertz CT molecular complexity index is 1300. The number of aromatic amines is 1. The van der Waals surface area contributed by atoms with E-state index in [0.29, 0.717) is 27.0 Å². The molecule has 1 unspecified atom stereocenters. The molecule has 0 saturated carbocycles. The van der Waals surface area contributed by atoms with E-state index in [4.69, 9.17) is 4.74 Å². The van der Waals surface area contributed by atoms with Crippen molar-refractivity contribution >= 4 is 38.8 Å². The van der Waals surface area contributed by atoms with Gasteiger partial charge in [-0.2, -0.15) is 0 Å². The Morgan fingerprint density at radius 2 is 2.19 bits per heavy atom. The van der Waals surface area contributed by atoms with Crippen LogP contribution in [0.5, 0.6) is 5.75 Å². The number of nitrogens with one attached hydrogen (secondary N) is 3. The predicted octanol–water partition coefficient (Wildman–Crippen LogP) is 3.39. The van der Waals surface area contributed by atoms with Crippen molar-refractivity contribution < 1.29 is 19.0 Å². The van der Waals surface area contributed by atoms with Gasteiger partial charge in [-0.15, -0.1) is 11.3 Å². The number of ether oxygens (including phenoxy) is 1.